The van der Waals surface area contributed by atoms with E-state index < -0.39 is 0 Å². The Labute approximate surface area is 122 Å². The minimum atomic E-state index is 0.168. The fourth-order valence-electron chi connectivity index (χ4n) is 2.86. The van der Waals surface area contributed by atoms with E-state index in [9.17, 15) is 4.79 Å². The molecule has 110 valence electrons. The van der Waals surface area contributed by atoms with E-state index in [1.165, 1.54) is 5.56 Å². The van der Waals surface area contributed by atoms with E-state index in [1.807, 2.05) is 17.0 Å². The second-order valence-electron chi connectivity index (χ2n) is 5.54. The van der Waals surface area contributed by atoms with Gasteiger partial charge in [0.2, 0.25) is 5.91 Å². The maximum absolute atomic E-state index is 12.8. The van der Waals surface area contributed by atoms with Crippen LogP contribution in [-0.4, -0.2) is 19.0 Å². The molecular formula is C17H26N2O. The molecule has 1 aliphatic rings. The molecule has 1 aliphatic heterocycles. The molecule has 1 heterocycles. The zero-order valence-corrected chi connectivity index (χ0v) is 12.7. The summed E-state index contributed by atoms with van der Waals surface area (Å²) in [6.07, 6.45) is 4.24. The van der Waals surface area contributed by atoms with Gasteiger partial charge in [0.05, 0.1) is 0 Å². The Morgan fingerprint density at radius 2 is 2.15 bits per heavy atom. The summed E-state index contributed by atoms with van der Waals surface area (Å²) in [6, 6.07) is 8.26. The molecule has 1 unspecified atom stereocenters. The fraction of sp³-hybridized carbons (Fsp3) is 0.588. The van der Waals surface area contributed by atoms with E-state index in [0.29, 0.717) is 5.91 Å². The van der Waals surface area contributed by atoms with E-state index in [4.69, 9.17) is 0 Å². The van der Waals surface area contributed by atoms with Crippen LogP contribution in [0.2, 0.25) is 0 Å². The van der Waals surface area contributed by atoms with Crippen molar-refractivity contribution in [3.63, 3.8) is 0 Å². The van der Waals surface area contributed by atoms with Crippen molar-refractivity contribution >= 4 is 11.6 Å². The summed E-state index contributed by atoms with van der Waals surface area (Å²) in [5, 5.41) is 3.39. The summed E-state index contributed by atoms with van der Waals surface area (Å²) >= 11 is 0. The van der Waals surface area contributed by atoms with Crippen LogP contribution in [0.1, 0.15) is 45.1 Å². The molecule has 1 aromatic rings. The van der Waals surface area contributed by atoms with Gasteiger partial charge < -0.3 is 10.2 Å². The highest BCUT2D eigenvalue weighted by Gasteiger charge is 2.26. The smallest absolute Gasteiger partial charge is 0.230 e. The Kier molecular flexibility index (Phi) is 5.60. The van der Waals surface area contributed by atoms with E-state index in [2.05, 4.69) is 31.3 Å². The first-order valence-electron chi connectivity index (χ1n) is 7.87. The predicted octanol–water partition coefficient (Wildman–Crippen LogP) is 3.34. The second kappa shape index (κ2) is 7.44. The topological polar surface area (TPSA) is 32.3 Å². The standard InChI is InChI=1S/C17H26N2O/c1-3-5-8-14(4-2)17(20)19-12-11-18-13-15-9-6-7-10-16(15)19/h6-7,9-10,14,18H,3-5,8,11-13H2,1-2H3. The molecule has 0 fully saturated rings. The van der Waals surface area contributed by atoms with Gasteiger partial charge in [-0.15, -0.1) is 0 Å². The number of hydrogen-bond donors (Lipinski definition) is 1. The van der Waals surface area contributed by atoms with Crippen molar-refractivity contribution in [2.75, 3.05) is 18.0 Å². The fourth-order valence-corrected chi connectivity index (χ4v) is 2.86. The molecule has 1 atom stereocenters. The van der Waals surface area contributed by atoms with Gasteiger partial charge in [-0.1, -0.05) is 44.9 Å². The van der Waals surface area contributed by atoms with Gasteiger partial charge in [-0.25, -0.2) is 0 Å². The number of hydrogen-bond acceptors (Lipinski definition) is 2. The number of nitrogens with one attached hydrogen (secondary N) is 1. The molecule has 1 amide bonds. The van der Waals surface area contributed by atoms with Crippen LogP contribution in [0, 0.1) is 5.92 Å². The van der Waals surface area contributed by atoms with Crippen LogP contribution in [-0.2, 0) is 11.3 Å². The SMILES string of the molecule is CCCCC(CC)C(=O)N1CCNCc2ccccc21. The average Bonchev–Trinajstić information content (AvgIpc) is 2.70. The Hall–Kier alpha value is -1.35. The summed E-state index contributed by atoms with van der Waals surface area (Å²) < 4.78 is 0. The third-order valence-electron chi connectivity index (χ3n) is 4.12. The second-order valence-corrected chi connectivity index (χ2v) is 5.54. The number of nitrogens with zero attached hydrogens (tertiary/aromatic N) is 1. The molecule has 0 saturated heterocycles. The van der Waals surface area contributed by atoms with Crippen molar-refractivity contribution in [1.29, 1.82) is 0 Å². The largest absolute Gasteiger partial charge is 0.311 e. The van der Waals surface area contributed by atoms with Crippen LogP contribution in [0.25, 0.3) is 0 Å². The third kappa shape index (κ3) is 3.40. The minimum Gasteiger partial charge on any atom is -0.311 e. The van der Waals surface area contributed by atoms with Crippen LogP contribution >= 0.6 is 0 Å². The number of benzene rings is 1. The third-order valence-corrected chi connectivity index (χ3v) is 4.12. The molecule has 2 rings (SSSR count). The summed E-state index contributed by atoms with van der Waals surface area (Å²) in [5.74, 6) is 0.471. The number of para-hydroxylation sites is 1. The van der Waals surface area contributed by atoms with Crippen LogP contribution in [0.3, 0.4) is 0 Å². The van der Waals surface area contributed by atoms with Crippen molar-refractivity contribution in [1.82, 2.24) is 5.32 Å². The van der Waals surface area contributed by atoms with Crippen LogP contribution in [0.5, 0.6) is 0 Å². The Balaban J connectivity index is 2.20. The summed E-state index contributed by atoms with van der Waals surface area (Å²) in [6.45, 7) is 6.80. The number of amides is 1. The lowest BCUT2D eigenvalue weighted by Crippen LogP contribution is -2.39. The maximum atomic E-state index is 12.8. The highest BCUT2D eigenvalue weighted by molar-refractivity contribution is 5.95. The first kappa shape index (κ1) is 15.0. The van der Waals surface area contributed by atoms with Crippen molar-refractivity contribution in [3.05, 3.63) is 29.8 Å². The zero-order chi connectivity index (χ0) is 14.4. The lowest BCUT2D eigenvalue weighted by Gasteiger charge is -2.27. The highest BCUT2D eigenvalue weighted by Crippen LogP contribution is 2.26. The van der Waals surface area contributed by atoms with Gasteiger partial charge >= 0.3 is 0 Å². The van der Waals surface area contributed by atoms with Gasteiger partial charge in [0.15, 0.2) is 0 Å². The number of carbonyl (C=O) groups is 1. The zero-order valence-electron chi connectivity index (χ0n) is 12.7. The summed E-state index contributed by atoms with van der Waals surface area (Å²) in [7, 11) is 0. The molecule has 1 aromatic carbocycles. The van der Waals surface area contributed by atoms with E-state index >= 15 is 0 Å². The van der Waals surface area contributed by atoms with Crippen molar-refractivity contribution in [2.24, 2.45) is 5.92 Å². The maximum Gasteiger partial charge on any atom is 0.230 e. The molecule has 0 spiro atoms. The monoisotopic (exact) mass is 274 g/mol. The molecular weight excluding hydrogens is 248 g/mol. The minimum absolute atomic E-state index is 0.168. The van der Waals surface area contributed by atoms with E-state index in [0.717, 1.165) is 51.0 Å². The Morgan fingerprint density at radius 1 is 1.35 bits per heavy atom. The number of rotatable bonds is 5. The van der Waals surface area contributed by atoms with Gasteiger partial charge in [0.25, 0.3) is 0 Å². The van der Waals surface area contributed by atoms with Gasteiger partial charge in [-0.2, -0.15) is 0 Å². The molecule has 0 aliphatic carbocycles. The molecule has 0 radical (unpaired) electrons. The van der Waals surface area contributed by atoms with Gasteiger partial charge in [0.1, 0.15) is 0 Å². The van der Waals surface area contributed by atoms with Gasteiger partial charge in [-0.3, -0.25) is 4.79 Å². The lowest BCUT2D eigenvalue weighted by molar-refractivity contribution is -0.122. The van der Waals surface area contributed by atoms with Crippen molar-refractivity contribution in [2.45, 2.75) is 46.1 Å². The molecule has 3 heteroatoms. The molecule has 3 nitrogen and oxygen atoms in total. The first-order chi connectivity index (χ1) is 9.77. The molecule has 0 bridgehead atoms. The van der Waals surface area contributed by atoms with Crippen molar-refractivity contribution < 1.29 is 4.79 Å². The summed E-state index contributed by atoms with van der Waals surface area (Å²) in [5.41, 5.74) is 2.32. The predicted molar refractivity (Wildman–Crippen MR) is 83.8 cm³/mol. The van der Waals surface area contributed by atoms with Crippen molar-refractivity contribution in [3.8, 4) is 0 Å². The van der Waals surface area contributed by atoms with E-state index in [-0.39, 0.29) is 5.92 Å². The molecule has 0 aromatic heterocycles. The molecule has 0 saturated carbocycles. The number of anilines is 1. The van der Waals surface area contributed by atoms with Crippen LogP contribution in [0.4, 0.5) is 5.69 Å². The Morgan fingerprint density at radius 3 is 2.90 bits per heavy atom. The average molecular weight is 274 g/mol. The molecule has 1 N–H and O–H groups in total. The summed E-state index contributed by atoms with van der Waals surface area (Å²) in [4.78, 5) is 14.8. The highest BCUT2D eigenvalue weighted by atomic mass is 16.2. The van der Waals surface area contributed by atoms with Gasteiger partial charge in [-0.05, 0) is 24.5 Å². The number of fused-ring (bicyclic) bond motifs is 1. The Bertz CT molecular complexity index is 444. The quantitative estimate of drug-likeness (QED) is 0.893. The van der Waals surface area contributed by atoms with Gasteiger partial charge in [0, 0.05) is 31.2 Å². The first-order valence-corrected chi connectivity index (χ1v) is 7.87. The van der Waals surface area contributed by atoms with Crippen LogP contribution in [0.15, 0.2) is 24.3 Å². The van der Waals surface area contributed by atoms with Crippen LogP contribution < -0.4 is 10.2 Å². The molecule has 20 heavy (non-hydrogen) atoms. The number of carbonyl (C=O) groups excluding carboxylic acids is 1. The lowest BCUT2D eigenvalue weighted by atomic mass is 9.97. The normalized spacial score (nSPS) is 16.4. The number of unbranched alkanes of at least 4 members (excludes halogenated alkanes) is 1. The van der Waals surface area contributed by atoms with E-state index in [1.54, 1.807) is 0 Å².